The van der Waals surface area contributed by atoms with Crippen LogP contribution in [0.5, 0.6) is 0 Å². The maximum absolute atomic E-state index is 10.4. The van der Waals surface area contributed by atoms with Crippen molar-refractivity contribution in [2.24, 2.45) is 0 Å². The zero-order valence-electron chi connectivity index (χ0n) is 4.80. The van der Waals surface area contributed by atoms with Crippen LogP contribution < -0.4 is 0 Å². The van der Waals surface area contributed by atoms with Gasteiger partial charge >= 0.3 is 0 Å². The molecule has 0 saturated carbocycles. The highest BCUT2D eigenvalue weighted by Crippen LogP contribution is 2.06. The molecule has 0 radical (unpaired) electrons. The molecular weight excluding hydrogens is 254 g/mol. The molecule has 0 aliphatic carbocycles. The largest absolute Gasteiger partial charge is 0.256 e. The minimum atomic E-state index is -0.920. The number of thiol groups is 1. The molecular formula is C4H10IOPS. The van der Waals surface area contributed by atoms with Crippen molar-refractivity contribution in [3.8, 4) is 0 Å². The highest BCUT2D eigenvalue weighted by Gasteiger charge is 1.77. The van der Waals surface area contributed by atoms with Gasteiger partial charge in [-0.3, -0.25) is 4.21 Å². The summed E-state index contributed by atoms with van der Waals surface area (Å²) in [6, 6.07) is 0. The van der Waals surface area contributed by atoms with Gasteiger partial charge in [-0.15, -0.1) is 0 Å². The van der Waals surface area contributed by atoms with E-state index in [9.17, 15) is 4.21 Å². The second-order valence-corrected chi connectivity index (χ2v) is 9.48. The lowest BCUT2D eigenvalue weighted by molar-refractivity contribution is 0.700. The minimum absolute atomic E-state index is 0.920. The third-order valence-corrected chi connectivity index (χ3v) is 5.47. The zero-order chi connectivity index (χ0) is 6.41. The highest BCUT2D eigenvalue weighted by molar-refractivity contribution is 14.2. The van der Waals surface area contributed by atoms with Gasteiger partial charge in [-0.1, -0.05) is 13.3 Å². The molecule has 1 unspecified atom stereocenters. The Hall–Kier alpha value is 1.18. The van der Waals surface area contributed by atoms with Crippen LogP contribution in [-0.2, 0) is 7.15 Å². The Kier molecular flexibility index (Phi) is 7.23. The summed E-state index contributed by atoms with van der Waals surface area (Å²) in [5.41, 5.74) is 0. The van der Waals surface area contributed by atoms with Gasteiger partial charge in [0.1, 0.15) is 0 Å². The number of rotatable bonds is 3. The Morgan fingerprint density at radius 3 is 2.75 bits per heavy atom. The molecule has 1 atom stereocenters. The second kappa shape index (κ2) is 6.30. The Balaban J connectivity index is 3.17. The minimum Gasteiger partial charge on any atom is -0.256 e. The molecule has 0 bridgehead atoms. The van der Waals surface area contributed by atoms with E-state index in [0.717, 1.165) is 13.5 Å². The fourth-order valence-corrected chi connectivity index (χ4v) is 3.76. The number of hydrogen-bond acceptors (Lipinski definition) is 1. The van der Waals surface area contributed by atoms with Gasteiger partial charge in [0, 0.05) is 28.4 Å². The van der Waals surface area contributed by atoms with Gasteiger partial charge in [0.25, 0.3) is 0 Å². The first kappa shape index (κ1) is 9.18. The molecule has 0 N–H and O–H groups in total. The summed E-state index contributed by atoms with van der Waals surface area (Å²) in [5.74, 6) is 0. The van der Waals surface area contributed by atoms with Crippen molar-refractivity contribution in [3.63, 3.8) is 0 Å². The summed E-state index contributed by atoms with van der Waals surface area (Å²) in [4.78, 5) is 0. The Bertz CT molecular complexity index is 119. The monoisotopic (exact) mass is 264 g/mol. The normalized spacial score (nSPS) is 14.2. The molecule has 0 aromatic heterocycles. The van der Waals surface area contributed by atoms with E-state index in [1.165, 1.54) is 12.8 Å². The lowest BCUT2D eigenvalue weighted by atomic mass is 10.4. The summed E-state index contributed by atoms with van der Waals surface area (Å²) >= 11 is 1.98. The zero-order valence-corrected chi connectivity index (χ0v) is 8.75. The van der Waals surface area contributed by atoms with Crippen LogP contribution in [0, 0.1) is 0 Å². The Morgan fingerprint density at radius 2 is 2.38 bits per heavy atom. The van der Waals surface area contributed by atoms with Crippen LogP contribution in [0.1, 0.15) is 19.8 Å². The first-order valence-electron chi connectivity index (χ1n) is 2.57. The molecule has 0 amide bonds. The van der Waals surface area contributed by atoms with Gasteiger partial charge in [0.05, 0.1) is 0 Å². The van der Waals surface area contributed by atoms with E-state index >= 15 is 0 Å². The number of halogens is 1. The molecule has 0 fully saturated rings. The smallest absolute Gasteiger partial charge is 0.0374 e. The quantitative estimate of drug-likeness (QED) is 0.272. The van der Waals surface area contributed by atoms with Crippen molar-refractivity contribution < 1.29 is 4.21 Å². The molecule has 0 heterocycles. The van der Waals surface area contributed by atoms with E-state index in [4.69, 9.17) is 0 Å². The molecule has 0 aromatic carbocycles. The lowest BCUT2D eigenvalue weighted by Gasteiger charge is -1.83. The first-order valence-corrected chi connectivity index (χ1v) is 8.41. The Labute approximate surface area is 65.7 Å². The summed E-state index contributed by atoms with van der Waals surface area (Å²) in [5, 5.41) is 0. The van der Waals surface area contributed by atoms with Gasteiger partial charge in [-0.2, -0.15) is 0 Å². The van der Waals surface area contributed by atoms with Crippen molar-refractivity contribution in [2.75, 3.05) is 6.16 Å². The van der Waals surface area contributed by atoms with Gasteiger partial charge in [0.2, 0.25) is 0 Å². The van der Waals surface area contributed by atoms with E-state index in [0.29, 0.717) is 0 Å². The summed E-state index contributed by atoms with van der Waals surface area (Å²) in [6.45, 7) is 2.15. The van der Waals surface area contributed by atoms with E-state index in [2.05, 4.69) is 6.92 Å². The van der Waals surface area contributed by atoms with Crippen LogP contribution in [0.4, 0.5) is 0 Å². The standard InChI is InChI=1S/C4H10IOPS/c1-2-3-4-7-8(5)6/h8H,2-4H2,1H3. The number of unbranched alkanes of at least 4 members (excludes halogenated alkanes) is 1. The fourth-order valence-electron chi connectivity index (χ4n) is 0.307. The SMILES string of the molecule is CCCCP=[SH](=O)I. The van der Waals surface area contributed by atoms with Crippen molar-refractivity contribution >= 4 is 35.7 Å². The number of hydrogen-bond donors (Lipinski definition) is 1. The molecule has 8 heavy (non-hydrogen) atoms. The molecule has 0 saturated heterocycles. The van der Waals surface area contributed by atoms with Gasteiger partial charge < -0.3 is 0 Å². The topological polar surface area (TPSA) is 17.1 Å². The summed E-state index contributed by atoms with van der Waals surface area (Å²) in [7, 11) is 0.202. The van der Waals surface area contributed by atoms with Crippen molar-refractivity contribution in [3.05, 3.63) is 0 Å². The average Bonchev–Trinajstić information content (AvgIpc) is 1.66. The first-order chi connectivity index (χ1) is 3.77. The van der Waals surface area contributed by atoms with Crippen molar-refractivity contribution in [2.45, 2.75) is 19.8 Å². The average molecular weight is 264 g/mol. The van der Waals surface area contributed by atoms with Gasteiger partial charge in [-0.05, 0) is 19.9 Å². The molecule has 0 rings (SSSR count). The molecule has 0 spiro atoms. The van der Waals surface area contributed by atoms with Crippen LogP contribution in [0.15, 0.2) is 0 Å². The van der Waals surface area contributed by atoms with Crippen LogP contribution in [0.25, 0.3) is 0 Å². The maximum Gasteiger partial charge on any atom is 0.0374 e. The van der Waals surface area contributed by atoms with E-state index in [1.54, 1.807) is 0 Å². The highest BCUT2D eigenvalue weighted by atomic mass is 127. The third kappa shape index (κ3) is 7.18. The molecule has 4 heteroatoms. The predicted molar refractivity (Wildman–Crippen MR) is 50.3 cm³/mol. The third-order valence-electron chi connectivity index (χ3n) is 0.723. The van der Waals surface area contributed by atoms with Gasteiger partial charge in [-0.25, -0.2) is 0 Å². The van der Waals surface area contributed by atoms with E-state index in [-0.39, 0.29) is 0 Å². The van der Waals surface area contributed by atoms with E-state index < -0.39 is 7.15 Å². The Morgan fingerprint density at radius 1 is 1.75 bits per heavy atom. The molecule has 1 nitrogen and oxygen atoms in total. The van der Waals surface area contributed by atoms with Crippen LogP contribution >= 0.6 is 28.6 Å². The molecule has 0 aliphatic heterocycles. The van der Waals surface area contributed by atoms with E-state index in [1.807, 2.05) is 21.2 Å². The predicted octanol–water partition coefficient (Wildman–Crippen LogP) is 2.48. The fraction of sp³-hybridized carbons (Fsp3) is 1.00. The van der Waals surface area contributed by atoms with Crippen LogP contribution in [0.2, 0.25) is 0 Å². The van der Waals surface area contributed by atoms with Crippen molar-refractivity contribution in [1.82, 2.24) is 0 Å². The molecule has 0 aromatic rings. The summed E-state index contributed by atoms with van der Waals surface area (Å²) < 4.78 is 10.4. The van der Waals surface area contributed by atoms with Crippen LogP contribution in [-0.4, -0.2) is 10.4 Å². The molecule has 50 valence electrons. The van der Waals surface area contributed by atoms with Gasteiger partial charge in [0.15, 0.2) is 0 Å². The second-order valence-electron chi connectivity index (χ2n) is 1.44. The molecule has 0 aliphatic rings. The van der Waals surface area contributed by atoms with Crippen LogP contribution in [0.3, 0.4) is 0 Å². The maximum atomic E-state index is 10.4. The lowest BCUT2D eigenvalue weighted by Crippen LogP contribution is -1.67. The summed E-state index contributed by atoms with van der Waals surface area (Å²) in [6.07, 6.45) is 3.53. The van der Waals surface area contributed by atoms with Crippen molar-refractivity contribution in [1.29, 1.82) is 0 Å².